The van der Waals surface area contributed by atoms with Gasteiger partial charge in [0.05, 0.1) is 10.5 Å². The van der Waals surface area contributed by atoms with Gasteiger partial charge in [-0.1, -0.05) is 11.6 Å². The molecule has 0 heterocycles. The molecule has 20 heavy (non-hydrogen) atoms. The molecule has 2 rings (SSSR count). The van der Waals surface area contributed by atoms with Crippen LogP contribution in [-0.2, 0) is 10.0 Å². The van der Waals surface area contributed by atoms with Gasteiger partial charge in [0.2, 0.25) is 10.0 Å². The van der Waals surface area contributed by atoms with Crippen molar-refractivity contribution in [2.45, 2.75) is 24.7 Å². The van der Waals surface area contributed by atoms with Crippen molar-refractivity contribution in [2.75, 3.05) is 13.6 Å². The van der Waals surface area contributed by atoms with Crippen LogP contribution in [0.3, 0.4) is 0 Å². The number of rotatable bonds is 5. The lowest BCUT2D eigenvalue weighted by atomic mass is 10.1. The molecule has 1 aromatic rings. The number of carboxylic acids is 1. The van der Waals surface area contributed by atoms with E-state index in [1.807, 2.05) is 0 Å². The summed E-state index contributed by atoms with van der Waals surface area (Å²) in [5.41, 5.74) is 0.125. The summed E-state index contributed by atoms with van der Waals surface area (Å²) in [5, 5.41) is 9.21. The van der Waals surface area contributed by atoms with Gasteiger partial charge in [-0.3, -0.25) is 0 Å². The summed E-state index contributed by atoms with van der Waals surface area (Å²) in [4.78, 5) is 11.1. The van der Waals surface area contributed by atoms with Crippen LogP contribution >= 0.6 is 11.6 Å². The highest BCUT2D eigenvalue weighted by molar-refractivity contribution is 7.89. The molecule has 1 aliphatic rings. The largest absolute Gasteiger partial charge is 0.478 e. The molecule has 1 saturated carbocycles. The zero-order valence-electron chi connectivity index (χ0n) is 11.3. The Labute approximate surface area is 123 Å². The molecule has 0 radical (unpaired) electrons. The Hall–Kier alpha value is -1.11. The highest BCUT2D eigenvalue weighted by atomic mass is 35.5. The molecular formula is C13H16ClNO4S. The van der Waals surface area contributed by atoms with Gasteiger partial charge in [-0.15, -0.1) is 0 Å². The predicted octanol–water partition coefficient (Wildman–Crippen LogP) is 2.38. The number of benzene rings is 1. The third-order valence-electron chi connectivity index (χ3n) is 3.46. The zero-order valence-corrected chi connectivity index (χ0v) is 12.8. The first-order valence-corrected chi connectivity index (χ1v) is 8.05. The molecule has 0 saturated heterocycles. The van der Waals surface area contributed by atoms with Gasteiger partial charge in [0.25, 0.3) is 0 Å². The molecule has 1 aromatic carbocycles. The van der Waals surface area contributed by atoms with Gasteiger partial charge in [0.1, 0.15) is 0 Å². The van der Waals surface area contributed by atoms with Gasteiger partial charge in [0, 0.05) is 18.6 Å². The molecular weight excluding hydrogens is 302 g/mol. The number of carbonyl (C=O) groups is 1. The summed E-state index contributed by atoms with van der Waals surface area (Å²) in [5.74, 6) is -0.778. The van der Waals surface area contributed by atoms with Crippen LogP contribution in [0, 0.1) is 12.8 Å². The van der Waals surface area contributed by atoms with Gasteiger partial charge < -0.3 is 5.11 Å². The van der Waals surface area contributed by atoms with Gasteiger partial charge >= 0.3 is 5.97 Å². The monoisotopic (exact) mass is 317 g/mol. The van der Waals surface area contributed by atoms with Crippen molar-refractivity contribution in [3.63, 3.8) is 0 Å². The van der Waals surface area contributed by atoms with E-state index in [2.05, 4.69) is 0 Å². The van der Waals surface area contributed by atoms with Crippen LogP contribution in [-0.4, -0.2) is 37.4 Å². The van der Waals surface area contributed by atoms with Crippen LogP contribution in [0.25, 0.3) is 0 Å². The molecule has 1 fully saturated rings. The summed E-state index contributed by atoms with van der Waals surface area (Å²) >= 11 is 5.85. The summed E-state index contributed by atoms with van der Waals surface area (Å²) in [6.07, 6.45) is 2.07. The van der Waals surface area contributed by atoms with E-state index in [1.54, 1.807) is 0 Å². The number of hydrogen-bond acceptors (Lipinski definition) is 3. The molecule has 1 aliphatic carbocycles. The normalized spacial score (nSPS) is 15.6. The highest BCUT2D eigenvalue weighted by Crippen LogP contribution is 2.32. The molecule has 7 heteroatoms. The van der Waals surface area contributed by atoms with E-state index >= 15 is 0 Å². The predicted molar refractivity (Wildman–Crippen MR) is 75.7 cm³/mol. The topological polar surface area (TPSA) is 74.7 Å². The van der Waals surface area contributed by atoms with Crippen molar-refractivity contribution in [3.8, 4) is 0 Å². The highest BCUT2D eigenvalue weighted by Gasteiger charge is 2.31. The van der Waals surface area contributed by atoms with E-state index in [-0.39, 0.29) is 21.0 Å². The Bertz CT molecular complexity index is 653. The van der Waals surface area contributed by atoms with Crippen molar-refractivity contribution in [3.05, 3.63) is 28.3 Å². The van der Waals surface area contributed by atoms with Crippen molar-refractivity contribution < 1.29 is 18.3 Å². The molecule has 0 aromatic heterocycles. The van der Waals surface area contributed by atoms with Gasteiger partial charge in [-0.25, -0.2) is 17.5 Å². The Morgan fingerprint density at radius 2 is 2.05 bits per heavy atom. The second kappa shape index (κ2) is 5.35. The van der Waals surface area contributed by atoms with Crippen LogP contribution in [0.15, 0.2) is 17.0 Å². The second-order valence-corrected chi connectivity index (χ2v) is 7.56. The smallest absolute Gasteiger partial charge is 0.336 e. The van der Waals surface area contributed by atoms with Crippen molar-refractivity contribution in [1.29, 1.82) is 0 Å². The minimum absolute atomic E-state index is 0.0365. The summed E-state index contributed by atoms with van der Waals surface area (Å²) in [6.45, 7) is 1.94. The fourth-order valence-electron chi connectivity index (χ4n) is 2.07. The van der Waals surface area contributed by atoms with Crippen LogP contribution in [0.2, 0.25) is 5.02 Å². The van der Waals surface area contributed by atoms with E-state index in [9.17, 15) is 13.2 Å². The fraction of sp³-hybridized carbons (Fsp3) is 0.462. The molecule has 1 N–H and O–H groups in total. The number of sulfonamides is 1. The third kappa shape index (κ3) is 2.97. The Balaban J connectivity index is 2.47. The molecule has 0 amide bonds. The van der Waals surface area contributed by atoms with Crippen molar-refractivity contribution in [1.82, 2.24) is 4.31 Å². The standard InChI is InChI=1S/C13H16ClNO4S/c1-8-11(13(16)17)5-10(14)6-12(8)20(18,19)15(2)7-9-3-4-9/h5-6,9H,3-4,7H2,1-2H3,(H,16,17). The molecule has 0 spiro atoms. The first kappa shape index (κ1) is 15.3. The minimum Gasteiger partial charge on any atom is -0.478 e. The average Bonchev–Trinajstić information content (AvgIpc) is 3.14. The first-order chi connectivity index (χ1) is 9.23. The summed E-state index contributed by atoms with van der Waals surface area (Å²) in [6, 6.07) is 2.57. The lowest BCUT2D eigenvalue weighted by Gasteiger charge is -2.19. The molecule has 0 bridgehead atoms. The van der Waals surface area contributed by atoms with Crippen molar-refractivity contribution >= 4 is 27.6 Å². The fourth-order valence-corrected chi connectivity index (χ4v) is 3.87. The third-order valence-corrected chi connectivity index (χ3v) is 5.62. The quantitative estimate of drug-likeness (QED) is 0.904. The molecule has 0 atom stereocenters. The number of aromatic carboxylic acids is 1. The first-order valence-electron chi connectivity index (χ1n) is 6.23. The lowest BCUT2D eigenvalue weighted by molar-refractivity contribution is 0.0696. The van der Waals surface area contributed by atoms with Gasteiger partial charge in [-0.05, 0) is 43.4 Å². The average molecular weight is 318 g/mol. The van der Waals surface area contributed by atoms with E-state index in [0.717, 1.165) is 12.8 Å². The van der Waals surface area contributed by atoms with E-state index < -0.39 is 16.0 Å². The maximum atomic E-state index is 12.5. The van der Waals surface area contributed by atoms with Crippen LogP contribution < -0.4 is 0 Å². The summed E-state index contributed by atoms with van der Waals surface area (Å²) < 4.78 is 26.3. The van der Waals surface area contributed by atoms with E-state index in [4.69, 9.17) is 16.7 Å². The van der Waals surface area contributed by atoms with Crippen LogP contribution in [0.4, 0.5) is 0 Å². The maximum Gasteiger partial charge on any atom is 0.336 e. The second-order valence-electron chi connectivity index (χ2n) is 5.11. The molecule has 0 unspecified atom stereocenters. The summed E-state index contributed by atoms with van der Waals surface area (Å²) in [7, 11) is -2.21. The molecule has 5 nitrogen and oxygen atoms in total. The number of hydrogen-bond donors (Lipinski definition) is 1. The molecule has 0 aliphatic heterocycles. The van der Waals surface area contributed by atoms with Crippen molar-refractivity contribution in [2.24, 2.45) is 5.92 Å². The van der Waals surface area contributed by atoms with E-state index in [0.29, 0.717) is 12.5 Å². The number of halogens is 1. The molecule has 110 valence electrons. The van der Waals surface area contributed by atoms with Gasteiger partial charge in [0.15, 0.2) is 0 Å². The Morgan fingerprint density at radius 1 is 1.45 bits per heavy atom. The SMILES string of the molecule is Cc1c(C(=O)O)cc(Cl)cc1S(=O)(=O)N(C)CC1CC1. The van der Waals surface area contributed by atoms with Crippen LogP contribution in [0.1, 0.15) is 28.8 Å². The minimum atomic E-state index is -3.72. The van der Waals surface area contributed by atoms with Gasteiger partial charge in [-0.2, -0.15) is 0 Å². The Kier molecular flexibility index (Phi) is 4.09. The van der Waals surface area contributed by atoms with E-state index in [1.165, 1.54) is 30.4 Å². The Morgan fingerprint density at radius 3 is 2.55 bits per heavy atom. The maximum absolute atomic E-state index is 12.5. The number of nitrogens with zero attached hydrogens (tertiary/aromatic N) is 1. The van der Waals surface area contributed by atoms with Crippen LogP contribution in [0.5, 0.6) is 0 Å². The number of carboxylic acid groups (broad SMARTS) is 1. The lowest BCUT2D eigenvalue weighted by Crippen LogP contribution is -2.29. The zero-order chi connectivity index (χ0) is 15.1.